The molecule has 0 spiro atoms. The van der Waals surface area contributed by atoms with Crippen LogP contribution in [0.2, 0.25) is 0 Å². The second kappa shape index (κ2) is 5.92. The number of piperidine rings is 1. The Morgan fingerprint density at radius 2 is 1.78 bits per heavy atom. The molecule has 3 fully saturated rings. The average Bonchev–Trinajstić information content (AvgIpc) is 2.82. The summed E-state index contributed by atoms with van der Waals surface area (Å²) in [5.41, 5.74) is 0. The van der Waals surface area contributed by atoms with Crippen LogP contribution < -0.4 is 5.32 Å². The molecule has 2 heteroatoms. The van der Waals surface area contributed by atoms with Crippen LogP contribution in [0.1, 0.15) is 58.3 Å². The van der Waals surface area contributed by atoms with Gasteiger partial charge in [-0.1, -0.05) is 26.2 Å². The molecule has 0 aromatic rings. The van der Waals surface area contributed by atoms with Crippen molar-refractivity contribution < 1.29 is 0 Å². The molecule has 18 heavy (non-hydrogen) atoms. The first-order valence-corrected chi connectivity index (χ1v) is 8.30. The van der Waals surface area contributed by atoms with E-state index in [1.807, 2.05) is 0 Å². The molecule has 0 radical (unpaired) electrons. The monoisotopic (exact) mass is 250 g/mol. The van der Waals surface area contributed by atoms with Crippen molar-refractivity contribution in [1.29, 1.82) is 0 Å². The van der Waals surface area contributed by atoms with E-state index in [0.29, 0.717) is 0 Å². The van der Waals surface area contributed by atoms with Crippen LogP contribution in [0, 0.1) is 11.8 Å². The molecule has 0 bridgehead atoms. The zero-order valence-electron chi connectivity index (χ0n) is 12.0. The summed E-state index contributed by atoms with van der Waals surface area (Å²) in [4.78, 5) is 2.74. The number of hydrogen-bond donors (Lipinski definition) is 1. The summed E-state index contributed by atoms with van der Waals surface area (Å²) in [6.45, 7) is 6.43. The smallest absolute Gasteiger partial charge is 0.0249 e. The van der Waals surface area contributed by atoms with Gasteiger partial charge in [0, 0.05) is 18.6 Å². The Labute approximate surface area is 113 Å². The molecular formula is C16H30N2. The van der Waals surface area contributed by atoms with Gasteiger partial charge in [-0.25, -0.2) is 0 Å². The highest BCUT2D eigenvalue weighted by molar-refractivity contribution is 4.94. The van der Waals surface area contributed by atoms with Crippen LogP contribution in [-0.2, 0) is 0 Å². The Bertz CT molecular complexity index is 258. The van der Waals surface area contributed by atoms with E-state index in [9.17, 15) is 0 Å². The van der Waals surface area contributed by atoms with Crippen molar-refractivity contribution in [2.75, 3.05) is 19.6 Å². The highest BCUT2D eigenvalue weighted by Crippen LogP contribution is 2.30. The topological polar surface area (TPSA) is 15.3 Å². The third kappa shape index (κ3) is 2.91. The van der Waals surface area contributed by atoms with Crippen LogP contribution in [0.15, 0.2) is 0 Å². The van der Waals surface area contributed by atoms with Crippen molar-refractivity contribution >= 4 is 0 Å². The zero-order valence-corrected chi connectivity index (χ0v) is 12.0. The number of nitrogens with zero attached hydrogens (tertiary/aromatic N) is 1. The van der Waals surface area contributed by atoms with E-state index >= 15 is 0 Å². The fourth-order valence-electron chi connectivity index (χ4n) is 4.34. The normalized spacial score (nSPS) is 41.8. The van der Waals surface area contributed by atoms with Gasteiger partial charge in [0.15, 0.2) is 0 Å². The molecular weight excluding hydrogens is 220 g/mol. The van der Waals surface area contributed by atoms with Crippen LogP contribution in [0.25, 0.3) is 0 Å². The van der Waals surface area contributed by atoms with Crippen LogP contribution >= 0.6 is 0 Å². The van der Waals surface area contributed by atoms with Crippen molar-refractivity contribution in [1.82, 2.24) is 10.2 Å². The summed E-state index contributed by atoms with van der Waals surface area (Å²) >= 11 is 0. The Hall–Kier alpha value is -0.0800. The molecule has 2 aliphatic heterocycles. The van der Waals surface area contributed by atoms with Gasteiger partial charge in [0.2, 0.25) is 0 Å². The van der Waals surface area contributed by atoms with E-state index in [4.69, 9.17) is 0 Å². The van der Waals surface area contributed by atoms with Gasteiger partial charge in [-0.3, -0.25) is 4.90 Å². The number of nitrogens with one attached hydrogen (secondary N) is 1. The Kier molecular flexibility index (Phi) is 4.25. The van der Waals surface area contributed by atoms with Crippen LogP contribution in [-0.4, -0.2) is 36.6 Å². The molecule has 0 aromatic heterocycles. The molecule has 3 rings (SSSR count). The lowest BCUT2D eigenvalue weighted by Gasteiger charge is -2.34. The van der Waals surface area contributed by atoms with Crippen molar-refractivity contribution in [3.63, 3.8) is 0 Å². The summed E-state index contributed by atoms with van der Waals surface area (Å²) in [7, 11) is 0. The van der Waals surface area contributed by atoms with E-state index in [1.54, 1.807) is 0 Å². The predicted molar refractivity (Wildman–Crippen MR) is 76.7 cm³/mol. The molecule has 1 N–H and O–H groups in total. The van der Waals surface area contributed by atoms with E-state index < -0.39 is 0 Å². The fraction of sp³-hybridized carbons (Fsp3) is 1.00. The fourth-order valence-corrected chi connectivity index (χ4v) is 4.34. The Morgan fingerprint density at radius 1 is 0.944 bits per heavy atom. The first-order valence-electron chi connectivity index (χ1n) is 8.30. The second-order valence-corrected chi connectivity index (χ2v) is 7.03. The molecule has 1 saturated carbocycles. The van der Waals surface area contributed by atoms with Gasteiger partial charge in [-0.05, 0) is 57.0 Å². The van der Waals surface area contributed by atoms with Crippen LogP contribution in [0.3, 0.4) is 0 Å². The van der Waals surface area contributed by atoms with Crippen LogP contribution in [0.5, 0.6) is 0 Å². The number of fused-ring (bicyclic) bond motifs is 1. The lowest BCUT2D eigenvalue weighted by molar-refractivity contribution is 0.176. The maximum absolute atomic E-state index is 3.92. The minimum atomic E-state index is 0.810. The predicted octanol–water partition coefficient (Wildman–Crippen LogP) is 3.03. The maximum atomic E-state index is 3.92. The van der Waals surface area contributed by atoms with Crippen molar-refractivity contribution in [2.24, 2.45) is 11.8 Å². The standard InChI is InChI=1S/C16H30N2/c1-13-5-7-14(8-6-13)12-17-15-9-11-18-10-3-2-4-16(15)18/h13-17H,2-12H2,1H3. The molecule has 2 saturated heterocycles. The molecule has 0 aromatic carbocycles. The van der Waals surface area contributed by atoms with Crippen LogP contribution in [0.4, 0.5) is 0 Å². The van der Waals surface area contributed by atoms with Gasteiger partial charge >= 0.3 is 0 Å². The van der Waals surface area contributed by atoms with Crippen molar-refractivity contribution in [3.8, 4) is 0 Å². The summed E-state index contributed by atoms with van der Waals surface area (Å²) in [5, 5.41) is 3.92. The Balaban J connectivity index is 1.43. The van der Waals surface area contributed by atoms with Crippen molar-refractivity contribution in [3.05, 3.63) is 0 Å². The van der Waals surface area contributed by atoms with E-state index in [2.05, 4.69) is 17.1 Å². The molecule has 2 nitrogen and oxygen atoms in total. The summed E-state index contributed by atoms with van der Waals surface area (Å²) in [5.74, 6) is 1.96. The summed E-state index contributed by atoms with van der Waals surface area (Å²) in [6.07, 6.45) is 11.6. The summed E-state index contributed by atoms with van der Waals surface area (Å²) in [6, 6.07) is 1.69. The summed E-state index contributed by atoms with van der Waals surface area (Å²) < 4.78 is 0. The second-order valence-electron chi connectivity index (χ2n) is 7.03. The highest BCUT2D eigenvalue weighted by atomic mass is 15.2. The molecule has 104 valence electrons. The van der Waals surface area contributed by atoms with Crippen molar-refractivity contribution in [2.45, 2.75) is 70.4 Å². The molecule has 3 aliphatic rings. The number of rotatable bonds is 3. The lowest BCUT2D eigenvalue weighted by atomic mass is 9.83. The zero-order chi connectivity index (χ0) is 12.4. The molecule has 2 heterocycles. The van der Waals surface area contributed by atoms with Gasteiger partial charge in [0.1, 0.15) is 0 Å². The maximum Gasteiger partial charge on any atom is 0.0249 e. The third-order valence-corrected chi connectivity index (χ3v) is 5.66. The Morgan fingerprint density at radius 3 is 2.61 bits per heavy atom. The third-order valence-electron chi connectivity index (χ3n) is 5.66. The molecule has 0 amide bonds. The minimum absolute atomic E-state index is 0.810. The first-order chi connectivity index (χ1) is 8.83. The van der Waals surface area contributed by atoms with Gasteiger partial charge in [-0.2, -0.15) is 0 Å². The number of hydrogen-bond acceptors (Lipinski definition) is 2. The van der Waals surface area contributed by atoms with Gasteiger partial charge in [0.05, 0.1) is 0 Å². The lowest BCUT2D eigenvalue weighted by Crippen LogP contribution is -2.46. The van der Waals surface area contributed by atoms with E-state index in [1.165, 1.54) is 71.0 Å². The quantitative estimate of drug-likeness (QED) is 0.828. The largest absolute Gasteiger partial charge is 0.312 e. The van der Waals surface area contributed by atoms with E-state index in [-0.39, 0.29) is 0 Å². The highest BCUT2D eigenvalue weighted by Gasteiger charge is 2.35. The molecule has 2 unspecified atom stereocenters. The average molecular weight is 250 g/mol. The van der Waals surface area contributed by atoms with E-state index in [0.717, 1.165) is 23.9 Å². The SMILES string of the molecule is CC1CCC(CNC2CCN3CCCCC23)CC1. The van der Waals surface area contributed by atoms with Gasteiger partial charge < -0.3 is 5.32 Å². The molecule has 1 aliphatic carbocycles. The molecule has 2 atom stereocenters. The minimum Gasteiger partial charge on any atom is -0.312 e. The van der Waals surface area contributed by atoms with Gasteiger partial charge in [0.25, 0.3) is 0 Å². The first kappa shape index (κ1) is 12.9. The van der Waals surface area contributed by atoms with Gasteiger partial charge in [-0.15, -0.1) is 0 Å².